The number of thiophene rings is 1. The van der Waals surface area contributed by atoms with E-state index in [1.165, 1.54) is 16.4 Å². The number of fused-ring (bicyclic) bond motifs is 2. The summed E-state index contributed by atoms with van der Waals surface area (Å²) >= 11 is 1.77. The van der Waals surface area contributed by atoms with E-state index in [1.54, 1.807) is 11.3 Å². The van der Waals surface area contributed by atoms with Crippen LogP contribution >= 0.6 is 11.3 Å². The fraction of sp³-hybridized carbons (Fsp3) is 0.529. The molecular formula is C17H19N3OS. The van der Waals surface area contributed by atoms with E-state index in [1.807, 2.05) is 6.20 Å². The minimum atomic E-state index is 0.111. The Morgan fingerprint density at radius 3 is 2.95 bits per heavy atom. The maximum Gasteiger partial charge on any atom is 0.225 e. The molecule has 1 amide bonds. The third-order valence-electron chi connectivity index (χ3n) is 5.51. The molecule has 4 nitrogen and oxygen atoms in total. The Morgan fingerprint density at radius 1 is 1.32 bits per heavy atom. The zero-order valence-corrected chi connectivity index (χ0v) is 13.3. The van der Waals surface area contributed by atoms with Crippen LogP contribution < -0.4 is 0 Å². The average Bonchev–Trinajstić information content (AvgIpc) is 2.95. The van der Waals surface area contributed by atoms with Crippen LogP contribution in [0.2, 0.25) is 0 Å². The largest absolute Gasteiger partial charge is 0.341 e. The number of carbonyl (C=O) groups excluding carboxylic acids is 1. The maximum atomic E-state index is 12.4. The molecule has 0 bridgehead atoms. The molecule has 4 heterocycles. The van der Waals surface area contributed by atoms with E-state index < -0.39 is 0 Å². The van der Waals surface area contributed by atoms with Gasteiger partial charge in [0.25, 0.3) is 0 Å². The van der Waals surface area contributed by atoms with Crippen molar-refractivity contribution in [2.24, 2.45) is 5.92 Å². The molecule has 3 aliphatic rings. The van der Waals surface area contributed by atoms with Gasteiger partial charge in [-0.3, -0.25) is 4.79 Å². The molecule has 0 unspecified atom stereocenters. The van der Waals surface area contributed by atoms with Crippen molar-refractivity contribution in [3.63, 3.8) is 0 Å². The first-order valence-electron chi connectivity index (χ1n) is 8.16. The third kappa shape index (κ3) is 1.75. The Kier molecular flexibility index (Phi) is 2.60. The van der Waals surface area contributed by atoms with Crippen LogP contribution in [0.4, 0.5) is 0 Å². The molecule has 5 heteroatoms. The quantitative estimate of drug-likeness (QED) is 0.855. The Hall–Kier alpha value is -1.62. The summed E-state index contributed by atoms with van der Waals surface area (Å²) in [7, 11) is 0. The van der Waals surface area contributed by atoms with Crippen LogP contribution in [0.3, 0.4) is 0 Å². The number of imidazole rings is 1. The predicted molar refractivity (Wildman–Crippen MR) is 85.8 cm³/mol. The molecule has 0 aromatic carbocycles. The second kappa shape index (κ2) is 4.44. The van der Waals surface area contributed by atoms with Crippen LogP contribution in [-0.2, 0) is 16.8 Å². The van der Waals surface area contributed by atoms with Crippen molar-refractivity contribution in [2.45, 2.75) is 37.6 Å². The normalized spacial score (nSPS) is 26.8. The van der Waals surface area contributed by atoms with Gasteiger partial charge in [-0.1, -0.05) is 6.07 Å². The zero-order valence-electron chi connectivity index (χ0n) is 12.5. The lowest BCUT2D eigenvalue weighted by molar-refractivity contribution is -0.131. The van der Waals surface area contributed by atoms with Crippen LogP contribution in [0.1, 0.15) is 31.5 Å². The van der Waals surface area contributed by atoms with E-state index >= 15 is 0 Å². The molecule has 1 aliphatic carbocycles. The highest BCUT2D eigenvalue weighted by Crippen LogP contribution is 2.45. The Balaban J connectivity index is 1.46. The van der Waals surface area contributed by atoms with Gasteiger partial charge in [-0.05, 0) is 37.1 Å². The predicted octanol–water partition coefficient (Wildman–Crippen LogP) is 2.90. The standard InChI is InChI=1S/C17H19N3OS/c21-15(12-3-4-12)19-7-5-17(11-19)6-8-20-13(10-18-16(17)20)14-2-1-9-22-14/h1-2,9-10,12H,3-8,11H2/t17-/m1/s1. The number of aromatic nitrogens is 2. The van der Waals surface area contributed by atoms with Gasteiger partial charge in [0.1, 0.15) is 5.82 Å². The summed E-state index contributed by atoms with van der Waals surface area (Å²) < 4.78 is 2.39. The molecule has 22 heavy (non-hydrogen) atoms. The monoisotopic (exact) mass is 313 g/mol. The summed E-state index contributed by atoms with van der Waals surface area (Å²) in [5.74, 6) is 1.93. The van der Waals surface area contributed by atoms with Gasteiger partial charge in [0.2, 0.25) is 5.91 Å². The number of nitrogens with zero attached hydrogens (tertiary/aromatic N) is 3. The van der Waals surface area contributed by atoms with Gasteiger partial charge < -0.3 is 9.47 Å². The van der Waals surface area contributed by atoms with E-state index in [0.717, 1.165) is 45.3 Å². The lowest BCUT2D eigenvalue weighted by Gasteiger charge is -2.22. The van der Waals surface area contributed by atoms with Crippen molar-refractivity contribution in [1.29, 1.82) is 0 Å². The van der Waals surface area contributed by atoms with Crippen molar-refractivity contribution >= 4 is 17.2 Å². The van der Waals surface area contributed by atoms with E-state index in [-0.39, 0.29) is 5.41 Å². The van der Waals surface area contributed by atoms with Crippen molar-refractivity contribution in [1.82, 2.24) is 14.5 Å². The number of hydrogen-bond acceptors (Lipinski definition) is 3. The van der Waals surface area contributed by atoms with Gasteiger partial charge >= 0.3 is 0 Å². The molecule has 2 aliphatic heterocycles. The number of rotatable bonds is 2. The first-order chi connectivity index (χ1) is 10.8. The van der Waals surface area contributed by atoms with Crippen LogP contribution in [0, 0.1) is 5.92 Å². The molecule has 0 N–H and O–H groups in total. The van der Waals surface area contributed by atoms with Gasteiger partial charge in [0, 0.05) is 31.0 Å². The number of carbonyl (C=O) groups is 1. The Labute approximate surface area is 133 Å². The molecule has 2 aromatic heterocycles. The molecule has 114 valence electrons. The van der Waals surface area contributed by atoms with Crippen LogP contribution in [0.15, 0.2) is 23.7 Å². The fourth-order valence-electron chi connectivity index (χ4n) is 4.12. The van der Waals surface area contributed by atoms with Gasteiger partial charge in [0.05, 0.1) is 16.8 Å². The van der Waals surface area contributed by atoms with Gasteiger partial charge in [-0.25, -0.2) is 4.98 Å². The zero-order chi connectivity index (χ0) is 14.7. The van der Waals surface area contributed by atoms with Gasteiger partial charge in [0.15, 0.2) is 0 Å². The summed E-state index contributed by atoms with van der Waals surface area (Å²) in [5.41, 5.74) is 1.36. The van der Waals surface area contributed by atoms with Gasteiger partial charge in [-0.2, -0.15) is 0 Å². The third-order valence-corrected chi connectivity index (χ3v) is 6.40. The lowest BCUT2D eigenvalue weighted by atomic mass is 9.85. The molecule has 2 aromatic rings. The smallest absolute Gasteiger partial charge is 0.225 e. The first kappa shape index (κ1) is 12.9. The van der Waals surface area contributed by atoms with E-state index in [0.29, 0.717) is 11.8 Å². The van der Waals surface area contributed by atoms with Crippen molar-refractivity contribution < 1.29 is 4.79 Å². The maximum absolute atomic E-state index is 12.4. The summed E-state index contributed by atoms with van der Waals surface area (Å²) in [6.07, 6.45) is 6.42. The molecule has 0 radical (unpaired) electrons. The van der Waals surface area contributed by atoms with Gasteiger partial charge in [-0.15, -0.1) is 11.3 Å². The average molecular weight is 313 g/mol. The second-order valence-electron chi connectivity index (χ2n) is 6.91. The molecule has 1 spiro atoms. The number of likely N-dealkylation sites (tertiary alicyclic amines) is 1. The van der Waals surface area contributed by atoms with Crippen LogP contribution in [-0.4, -0.2) is 33.4 Å². The highest BCUT2D eigenvalue weighted by atomic mass is 32.1. The van der Waals surface area contributed by atoms with Crippen molar-refractivity contribution in [3.05, 3.63) is 29.5 Å². The minimum absolute atomic E-state index is 0.111. The van der Waals surface area contributed by atoms with E-state index in [9.17, 15) is 4.79 Å². The summed E-state index contributed by atoms with van der Waals surface area (Å²) in [6.45, 7) is 2.83. The van der Waals surface area contributed by atoms with Crippen LogP contribution in [0.25, 0.3) is 10.6 Å². The molecule has 5 rings (SSSR count). The Bertz CT molecular complexity index is 731. The summed E-state index contributed by atoms with van der Waals surface area (Å²) in [5, 5.41) is 2.12. The number of hydrogen-bond donors (Lipinski definition) is 0. The van der Waals surface area contributed by atoms with E-state index in [4.69, 9.17) is 4.98 Å². The molecule has 1 saturated heterocycles. The van der Waals surface area contributed by atoms with Crippen molar-refractivity contribution in [2.75, 3.05) is 13.1 Å². The fourth-order valence-corrected chi connectivity index (χ4v) is 4.86. The molecular weight excluding hydrogens is 294 g/mol. The SMILES string of the molecule is O=C(C1CC1)N1CC[C@@]2(CCn3c(-c4cccs4)cnc32)C1. The Morgan fingerprint density at radius 2 is 2.18 bits per heavy atom. The summed E-state index contributed by atoms with van der Waals surface area (Å²) in [4.78, 5) is 20.5. The minimum Gasteiger partial charge on any atom is -0.341 e. The summed E-state index contributed by atoms with van der Waals surface area (Å²) in [6, 6.07) is 4.26. The lowest BCUT2D eigenvalue weighted by Crippen LogP contribution is -2.34. The topological polar surface area (TPSA) is 38.1 Å². The second-order valence-corrected chi connectivity index (χ2v) is 7.86. The number of amides is 1. The molecule has 1 saturated carbocycles. The van der Waals surface area contributed by atoms with Crippen molar-refractivity contribution in [3.8, 4) is 10.6 Å². The highest BCUT2D eigenvalue weighted by Gasteiger charge is 2.49. The van der Waals surface area contributed by atoms with Crippen LogP contribution in [0.5, 0.6) is 0 Å². The van der Waals surface area contributed by atoms with E-state index in [2.05, 4.69) is 27.0 Å². The first-order valence-corrected chi connectivity index (χ1v) is 9.03. The molecule has 2 fully saturated rings. The molecule has 1 atom stereocenters. The highest BCUT2D eigenvalue weighted by molar-refractivity contribution is 7.13.